The van der Waals surface area contributed by atoms with E-state index >= 15 is 8.78 Å². The van der Waals surface area contributed by atoms with Crippen LogP contribution >= 0.6 is 0 Å². The first-order valence-electron chi connectivity index (χ1n) is 10.9. The Morgan fingerprint density at radius 2 is 1.59 bits per heavy atom. The van der Waals surface area contributed by atoms with Gasteiger partial charge in [0.1, 0.15) is 11.5 Å². The van der Waals surface area contributed by atoms with Gasteiger partial charge in [0.2, 0.25) is 0 Å². The summed E-state index contributed by atoms with van der Waals surface area (Å²) >= 11 is 0. The maximum Gasteiger partial charge on any atom is 0.259 e. The minimum absolute atomic E-state index is 0.104. The lowest BCUT2D eigenvalue weighted by Crippen LogP contribution is -2.14. The smallest absolute Gasteiger partial charge is 0.259 e. The molecule has 11 heteroatoms. The molecule has 0 aliphatic heterocycles. The fourth-order valence-electron chi connectivity index (χ4n) is 3.89. The molecule has 0 saturated heterocycles. The molecule has 1 amide bonds. The van der Waals surface area contributed by atoms with Gasteiger partial charge in [-0.05, 0) is 18.2 Å². The predicted molar refractivity (Wildman–Crippen MR) is 132 cm³/mol. The van der Waals surface area contributed by atoms with E-state index in [1.807, 2.05) is 0 Å². The molecule has 5 rings (SSSR count). The maximum atomic E-state index is 15.0. The Kier molecular flexibility index (Phi) is 6.18. The van der Waals surface area contributed by atoms with Crippen LogP contribution in [0, 0.1) is 11.6 Å². The van der Waals surface area contributed by atoms with Gasteiger partial charge < -0.3 is 24.3 Å². The topological polar surface area (TPSA) is 108 Å². The quantitative estimate of drug-likeness (QED) is 0.302. The van der Waals surface area contributed by atoms with Crippen molar-refractivity contribution >= 4 is 33.4 Å². The molecule has 0 radical (unpaired) electrons. The lowest BCUT2D eigenvalue weighted by atomic mass is 10.1. The number of ether oxygens (including phenoxy) is 4. The number of halogens is 2. The molecule has 0 bridgehead atoms. The number of carbonyl (C=O) groups excluding carboxylic acids is 1. The van der Waals surface area contributed by atoms with E-state index in [0.29, 0.717) is 33.3 Å². The summed E-state index contributed by atoms with van der Waals surface area (Å²) in [5.74, 6) is -2.02. The second-order valence-corrected chi connectivity index (χ2v) is 7.87. The first-order chi connectivity index (χ1) is 17.9. The first kappa shape index (κ1) is 23.8. The maximum absolute atomic E-state index is 15.0. The number of aromatic amines is 1. The van der Waals surface area contributed by atoms with Crippen molar-refractivity contribution in [3.8, 4) is 28.7 Å². The number of amides is 1. The summed E-state index contributed by atoms with van der Waals surface area (Å²) in [5, 5.41) is 10.3. The third kappa shape index (κ3) is 4.42. The number of nitrogens with zero attached hydrogens (tertiary/aromatic N) is 2. The standard InChI is InChI=1S/C26H20F2N4O5/c1-34-22-10-19-13(12-30-32-19)6-16(22)26(33)31-14-7-17(27)25(18(28)8-14)37-21-4-5-29-20-11-24(36-3)23(35-2)9-15(20)21/h4-12H,1-3H3,(H,30,32)(H,31,33). The van der Waals surface area contributed by atoms with Crippen LogP contribution in [0.2, 0.25) is 0 Å². The third-order valence-electron chi connectivity index (χ3n) is 5.68. The van der Waals surface area contributed by atoms with Crippen molar-refractivity contribution in [2.45, 2.75) is 0 Å². The highest BCUT2D eigenvalue weighted by atomic mass is 19.1. The number of rotatable bonds is 7. The molecule has 3 aromatic carbocycles. The Labute approximate surface area is 208 Å². The number of benzene rings is 3. The van der Waals surface area contributed by atoms with Gasteiger partial charge in [-0.3, -0.25) is 14.9 Å². The number of nitrogens with one attached hydrogen (secondary N) is 2. The van der Waals surface area contributed by atoms with E-state index in [1.165, 1.54) is 33.6 Å². The summed E-state index contributed by atoms with van der Waals surface area (Å²) < 4.78 is 51.5. The number of aromatic nitrogens is 3. The molecule has 0 unspecified atom stereocenters. The SMILES string of the molecule is COc1cc2nccc(Oc3c(F)cc(NC(=O)c4cc5cn[nH]c5cc4OC)cc3F)c2cc1OC. The summed E-state index contributed by atoms with van der Waals surface area (Å²) in [4.78, 5) is 17.1. The van der Waals surface area contributed by atoms with E-state index in [0.717, 1.165) is 12.1 Å². The molecule has 9 nitrogen and oxygen atoms in total. The largest absolute Gasteiger partial charge is 0.496 e. The predicted octanol–water partition coefficient (Wildman–Crippen LogP) is 5.46. The number of hydrogen-bond donors (Lipinski definition) is 2. The average Bonchev–Trinajstić information content (AvgIpc) is 3.36. The van der Waals surface area contributed by atoms with Crippen LogP contribution < -0.4 is 24.3 Å². The molecular weight excluding hydrogens is 486 g/mol. The average molecular weight is 506 g/mol. The summed E-state index contributed by atoms with van der Waals surface area (Å²) in [5.41, 5.74) is 1.22. The van der Waals surface area contributed by atoms with Gasteiger partial charge in [0.15, 0.2) is 28.9 Å². The van der Waals surface area contributed by atoms with Crippen molar-refractivity contribution in [1.29, 1.82) is 0 Å². The van der Waals surface area contributed by atoms with Gasteiger partial charge in [-0.25, -0.2) is 8.78 Å². The molecule has 0 aliphatic rings. The van der Waals surface area contributed by atoms with Crippen LogP contribution in [-0.2, 0) is 0 Å². The lowest BCUT2D eigenvalue weighted by Gasteiger charge is -2.14. The van der Waals surface area contributed by atoms with Crippen molar-refractivity contribution in [2.75, 3.05) is 26.6 Å². The third-order valence-corrected chi connectivity index (χ3v) is 5.68. The number of fused-ring (bicyclic) bond motifs is 2. The second-order valence-electron chi connectivity index (χ2n) is 7.87. The van der Waals surface area contributed by atoms with Crippen LogP contribution in [0.3, 0.4) is 0 Å². The zero-order valence-electron chi connectivity index (χ0n) is 19.9. The number of anilines is 1. The minimum Gasteiger partial charge on any atom is -0.496 e. The molecule has 0 saturated carbocycles. The summed E-state index contributed by atoms with van der Waals surface area (Å²) in [6.07, 6.45) is 2.99. The van der Waals surface area contributed by atoms with Crippen LogP contribution in [0.4, 0.5) is 14.5 Å². The molecular formula is C26H20F2N4O5. The Balaban J connectivity index is 1.44. The van der Waals surface area contributed by atoms with Gasteiger partial charge in [0.25, 0.3) is 5.91 Å². The Hall–Kier alpha value is -4.93. The van der Waals surface area contributed by atoms with Crippen LogP contribution in [-0.4, -0.2) is 42.4 Å². The second kappa shape index (κ2) is 9.61. The van der Waals surface area contributed by atoms with Crippen LogP contribution in [0.15, 0.2) is 54.9 Å². The molecule has 0 spiro atoms. The number of pyridine rings is 1. The van der Waals surface area contributed by atoms with E-state index in [2.05, 4.69) is 20.5 Å². The van der Waals surface area contributed by atoms with E-state index in [4.69, 9.17) is 18.9 Å². The van der Waals surface area contributed by atoms with E-state index < -0.39 is 23.3 Å². The Bertz CT molecular complexity index is 1630. The van der Waals surface area contributed by atoms with E-state index in [1.54, 1.807) is 30.5 Å². The Morgan fingerprint density at radius 3 is 2.30 bits per heavy atom. The molecule has 37 heavy (non-hydrogen) atoms. The summed E-state index contributed by atoms with van der Waals surface area (Å²) in [7, 11) is 4.37. The number of methoxy groups -OCH3 is 3. The first-order valence-corrected chi connectivity index (χ1v) is 10.9. The van der Waals surface area contributed by atoms with Crippen molar-refractivity contribution in [2.24, 2.45) is 0 Å². The van der Waals surface area contributed by atoms with Gasteiger partial charge in [0.05, 0.1) is 44.1 Å². The molecule has 2 heterocycles. The zero-order valence-corrected chi connectivity index (χ0v) is 19.9. The zero-order chi connectivity index (χ0) is 26.1. The van der Waals surface area contributed by atoms with E-state index in [9.17, 15) is 4.79 Å². The molecule has 2 aromatic heterocycles. The van der Waals surface area contributed by atoms with Gasteiger partial charge >= 0.3 is 0 Å². The fourth-order valence-corrected chi connectivity index (χ4v) is 3.89. The van der Waals surface area contributed by atoms with Gasteiger partial charge in [0, 0.05) is 46.9 Å². The lowest BCUT2D eigenvalue weighted by molar-refractivity contribution is 0.102. The molecule has 0 fully saturated rings. The number of carbonyl (C=O) groups is 1. The molecule has 5 aromatic rings. The fraction of sp³-hybridized carbons (Fsp3) is 0.115. The van der Waals surface area contributed by atoms with Crippen molar-refractivity contribution in [3.63, 3.8) is 0 Å². The molecule has 0 atom stereocenters. The number of hydrogen-bond acceptors (Lipinski definition) is 7. The highest BCUT2D eigenvalue weighted by molar-refractivity contribution is 6.08. The summed E-state index contributed by atoms with van der Waals surface area (Å²) in [6.45, 7) is 0. The van der Waals surface area contributed by atoms with Gasteiger partial charge in [-0.15, -0.1) is 0 Å². The molecule has 2 N–H and O–H groups in total. The Morgan fingerprint density at radius 1 is 0.892 bits per heavy atom. The van der Waals surface area contributed by atoms with Crippen molar-refractivity contribution in [3.05, 3.63) is 72.1 Å². The van der Waals surface area contributed by atoms with Crippen LogP contribution in [0.1, 0.15) is 10.4 Å². The van der Waals surface area contributed by atoms with Crippen LogP contribution in [0.25, 0.3) is 21.8 Å². The minimum atomic E-state index is -1.02. The summed E-state index contributed by atoms with van der Waals surface area (Å²) in [6, 6.07) is 9.81. The molecule has 188 valence electrons. The molecule has 0 aliphatic carbocycles. The van der Waals surface area contributed by atoms with E-state index in [-0.39, 0.29) is 22.7 Å². The monoisotopic (exact) mass is 506 g/mol. The normalized spacial score (nSPS) is 10.9. The highest BCUT2D eigenvalue weighted by Crippen LogP contribution is 2.38. The van der Waals surface area contributed by atoms with Gasteiger partial charge in [-0.1, -0.05) is 0 Å². The van der Waals surface area contributed by atoms with Crippen LogP contribution in [0.5, 0.6) is 28.7 Å². The van der Waals surface area contributed by atoms with Gasteiger partial charge in [-0.2, -0.15) is 5.10 Å². The van der Waals surface area contributed by atoms with Crippen molar-refractivity contribution < 1.29 is 32.5 Å². The number of H-pyrrole nitrogens is 1. The highest BCUT2D eigenvalue weighted by Gasteiger charge is 2.20. The van der Waals surface area contributed by atoms with Crippen molar-refractivity contribution in [1.82, 2.24) is 15.2 Å².